The third-order valence-corrected chi connectivity index (χ3v) is 4.92. The fourth-order valence-electron chi connectivity index (χ4n) is 3.23. The fourth-order valence-corrected chi connectivity index (χ4v) is 3.96. The zero-order valence-electron chi connectivity index (χ0n) is 12.2. The number of likely N-dealkylation sites (tertiary alicyclic amines) is 1. The van der Waals surface area contributed by atoms with Crippen molar-refractivity contribution in [1.29, 1.82) is 0 Å². The van der Waals surface area contributed by atoms with Gasteiger partial charge in [0.15, 0.2) is 0 Å². The van der Waals surface area contributed by atoms with Crippen molar-refractivity contribution in [3.05, 3.63) is 33.8 Å². The predicted octanol–water partition coefficient (Wildman–Crippen LogP) is 3.88. The Balaban J connectivity index is 2.39. The number of rotatable bonds is 3. The molecule has 0 bridgehead atoms. The number of aryl methyl sites for hydroxylation is 1. The molecule has 106 valence electrons. The number of hydrogen-bond acceptors (Lipinski definition) is 2. The van der Waals surface area contributed by atoms with E-state index in [1.54, 1.807) is 0 Å². The first-order valence-corrected chi connectivity index (χ1v) is 8.05. The molecule has 2 nitrogen and oxygen atoms in total. The van der Waals surface area contributed by atoms with Gasteiger partial charge in [-0.2, -0.15) is 0 Å². The van der Waals surface area contributed by atoms with Crippen LogP contribution in [0, 0.1) is 12.8 Å². The third kappa shape index (κ3) is 3.21. The Labute approximate surface area is 125 Å². The fraction of sp³-hybridized carbons (Fsp3) is 0.625. The molecule has 1 aromatic carbocycles. The van der Waals surface area contributed by atoms with Gasteiger partial charge in [0.2, 0.25) is 0 Å². The van der Waals surface area contributed by atoms with Crippen molar-refractivity contribution in [3.8, 4) is 0 Å². The summed E-state index contributed by atoms with van der Waals surface area (Å²) >= 11 is 3.75. The number of nitrogens with zero attached hydrogens (tertiary/aromatic N) is 1. The Morgan fingerprint density at radius 1 is 1.42 bits per heavy atom. The topological polar surface area (TPSA) is 29.3 Å². The van der Waals surface area contributed by atoms with E-state index in [1.807, 2.05) is 0 Å². The van der Waals surface area contributed by atoms with Crippen LogP contribution in [0.1, 0.15) is 43.9 Å². The van der Waals surface area contributed by atoms with E-state index in [-0.39, 0.29) is 0 Å². The number of piperidine rings is 1. The van der Waals surface area contributed by atoms with Gasteiger partial charge in [0, 0.05) is 16.6 Å². The van der Waals surface area contributed by atoms with Gasteiger partial charge in [0.05, 0.1) is 0 Å². The van der Waals surface area contributed by atoms with Crippen LogP contribution in [0.5, 0.6) is 0 Å². The van der Waals surface area contributed by atoms with Crippen molar-refractivity contribution >= 4 is 15.9 Å². The maximum atomic E-state index is 6.03. The molecule has 2 N–H and O–H groups in total. The molecule has 1 fully saturated rings. The number of benzene rings is 1. The van der Waals surface area contributed by atoms with Crippen LogP contribution in [0.4, 0.5) is 0 Å². The van der Waals surface area contributed by atoms with Crippen LogP contribution < -0.4 is 5.73 Å². The number of halogens is 1. The Morgan fingerprint density at radius 3 is 2.74 bits per heavy atom. The standard InChI is InChI=1S/C16H25BrN2/c1-11(2)19-8-4-5-13(10-18)16(19)14-7-6-12(3)9-15(14)17/h6-7,9,11,13,16H,4-5,8,10,18H2,1-3H3. The molecule has 1 heterocycles. The molecule has 19 heavy (non-hydrogen) atoms. The molecule has 0 aliphatic carbocycles. The van der Waals surface area contributed by atoms with Crippen molar-refractivity contribution < 1.29 is 0 Å². The molecule has 3 heteroatoms. The summed E-state index contributed by atoms with van der Waals surface area (Å²) in [6.07, 6.45) is 2.50. The minimum atomic E-state index is 0.453. The molecule has 1 aliphatic rings. The van der Waals surface area contributed by atoms with Crippen molar-refractivity contribution in [2.24, 2.45) is 11.7 Å². The van der Waals surface area contributed by atoms with Crippen LogP contribution in [-0.2, 0) is 0 Å². The molecule has 0 saturated carbocycles. The molecule has 0 aromatic heterocycles. The molecule has 0 radical (unpaired) electrons. The molecule has 1 aliphatic heterocycles. The lowest BCUT2D eigenvalue weighted by atomic mass is 9.83. The average molecular weight is 325 g/mol. The summed E-state index contributed by atoms with van der Waals surface area (Å²) in [6.45, 7) is 8.66. The molecule has 1 aromatic rings. The lowest BCUT2D eigenvalue weighted by Gasteiger charge is -2.44. The van der Waals surface area contributed by atoms with Gasteiger partial charge in [-0.3, -0.25) is 4.90 Å². The first kappa shape index (κ1) is 15.0. The third-order valence-electron chi connectivity index (χ3n) is 4.24. The summed E-state index contributed by atoms with van der Waals surface area (Å²) in [4.78, 5) is 2.61. The van der Waals surface area contributed by atoms with Gasteiger partial charge < -0.3 is 5.73 Å². The predicted molar refractivity (Wildman–Crippen MR) is 85.2 cm³/mol. The first-order chi connectivity index (χ1) is 9.04. The number of hydrogen-bond donors (Lipinski definition) is 1. The highest BCUT2D eigenvalue weighted by atomic mass is 79.9. The van der Waals surface area contributed by atoms with Crippen LogP contribution in [0.2, 0.25) is 0 Å². The molecule has 0 amide bonds. The van der Waals surface area contributed by atoms with Gasteiger partial charge in [-0.15, -0.1) is 0 Å². The normalized spacial score (nSPS) is 24.9. The lowest BCUT2D eigenvalue weighted by Crippen LogP contribution is -2.45. The van der Waals surface area contributed by atoms with Gasteiger partial charge in [-0.1, -0.05) is 28.1 Å². The summed E-state index contributed by atoms with van der Waals surface area (Å²) in [5, 5.41) is 0. The van der Waals surface area contributed by atoms with Crippen molar-refractivity contribution in [3.63, 3.8) is 0 Å². The van der Waals surface area contributed by atoms with E-state index in [9.17, 15) is 0 Å². The van der Waals surface area contributed by atoms with E-state index < -0.39 is 0 Å². The van der Waals surface area contributed by atoms with Gasteiger partial charge in [-0.05, 0) is 69.8 Å². The van der Waals surface area contributed by atoms with Gasteiger partial charge >= 0.3 is 0 Å². The second kappa shape index (κ2) is 6.38. The molecule has 2 atom stereocenters. The summed E-state index contributed by atoms with van der Waals surface area (Å²) in [5.74, 6) is 0.565. The van der Waals surface area contributed by atoms with Crippen LogP contribution in [0.3, 0.4) is 0 Å². The Morgan fingerprint density at radius 2 is 2.16 bits per heavy atom. The molecule has 2 rings (SSSR count). The average Bonchev–Trinajstić information content (AvgIpc) is 2.38. The van der Waals surface area contributed by atoms with Crippen molar-refractivity contribution in [2.75, 3.05) is 13.1 Å². The monoisotopic (exact) mass is 324 g/mol. The quantitative estimate of drug-likeness (QED) is 0.914. The van der Waals surface area contributed by atoms with E-state index in [1.165, 1.54) is 35.0 Å². The molecule has 2 unspecified atom stereocenters. The van der Waals surface area contributed by atoms with E-state index in [4.69, 9.17) is 5.73 Å². The summed E-state index contributed by atoms with van der Waals surface area (Å²) in [5.41, 5.74) is 8.73. The van der Waals surface area contributed by atoms with Gasteiger partial charge in [-0.25, -0.2) is 0 Å². The molecule has 0 spiro atoms. The number of nitrogens with two attached hydrogens (primary N) is 1. The van der Waals surface area contributed by atoms with Crippen molar-refractivity contribution in [2.45, 2.75) is 45.7 Å². The Hall–Kier alpha value is -0.380. The minimum absolute atomic E-state index is 0.453. The summed E-state index contributed by atoms with van der Waals surface area (Å²) in [6, 6.07) is 7.71. The van der Waals surface area contributed by atoms with E-state index in [0.717, 1.165) is 6.54 Å². The summed E-state index contributed by atoms with van der Waals surface area (Å²) < 4.78 is 1.23. The highest BCUT2D eigenvalue weighted by molar-refractivity contribution is 9.10. The second-order valence-corrected chi connectivity index (χ2v) is 6.79. The van der Waals surface area contributed by atoms with Crippen LogP contribution in [0.25, 0.3) is 0 Å². The largest absolute Gasteiger partial charge is 0.330 e. The van der Waals surface area contributed by atoms with Crippen LogP contribution >= 0.6 is 15.9 Å². The van der Waals surface area contributed by atoms with Crippen molar-refractivity contribution in [1.82, 2.24) is 4.90 Å². The van der Waals surface area contributed by atoms with E-state index >= 15 is 0 Å². The Bertz CT molecular complexity index is 431. The molecular formula is C16H25BrN2. The maximum Gasteiger partial charge on any atom is 0.0402 e. The lowest BCUT2D eigenvalue weighted by molar-refractivity contribution is 0.0661. The van der Waals surface area contributed by atoms with Crippen LogP contribution in [0.15, 0.2) is 22.7 Å². The highest BCUT2D eigenvalue weighted by Crippen LogP contribution is 2.39. The zero-order chi connectivity index (χ0) is 14.0. The highest BCUT2D eigenvalue weighted by Gasteiger charge is 2.34. The van der Waals surface area contributed by atoms with Crippen LogP contribution in [-0.4, -0.2) is 24.0 Å². The van der Waals surface area contributed by atoms with Gasteiger partial charge in [0.1, 0.15) is 0 Å². The SMILES string of the molecule is Cc1ccc(C2C(CN)CCCN2C(C)C)c(Br)c1. The maximum absolute atomic E-state index is 6.03. The van der Waals surface area contributed by atoms with Gasteiger partial charge in [0.25, 0.3) is 0 Å². The molecule has 1 saturated heterocycles. The first-order valence-electron chi connectivity index (χ1n) is 7.26. The van der Waals surface area contributed by atoms with E-state index in [0.29, 0.717) is 18.0 Å². The Kier molecular flexibility index (Phi) is 5.04. The molecular weight excluding hydrogens is 300 g/mol. The zero-order valence-corrected chi connectivity index (χ0v) is 13.8. The minimum Gasteiger partial charge on any atom is -0.330 e. The smallest absolute Gasteiger partial charge is 0.0402 e. The second-order valence-electron chi connectivity index (χ2n) is 5.94. The summed E-state index contributed by atoms with van der Waals surface area (Å²) in [7, 11) is 0. The van der Waals surface area contributed by atoms with E-state index in [2.05, 4.69) is 59.8 Å².